The molecule has 0 saturated carbocycles. The molecule has 0 aromatic carbocycles. The van der Waals surface area contributed by atoms with Gasteiger partial charge in [-0.25, -0.2) is 0 Å². The van der Waals surface area contributed by atoms with E-state index >= 15 is 0 Å². The highest BCUT2D eigenvalue weighted by Crippen LogP contribution is 2.61. The van der Waals surface area contributed by atoms with E-state index in [0.29, 0.717) is 6.42 Å². The minimum Gasteiger partial charge on any atom is -0.309 e. The summed E-state index contributed by atoms with van der Waals surface area (Å²) in [7, 11) is -1.44. The van der Waals surface area contributed by atoms with Crippen LogP contribution in [0.25, 0.3) is 0 Å². The zero-order chi connectivity index (χ0) is 10.5. The quantitative estimate of drug-likeness (QED) is 0.655. The molecule has 0 rings (SSSR count). The molecule has 0 saturated heterocycles. The van der Waals surface area contributed by atoms with Crippen LogP contribution in [0.5, 0.6) is 0 Å². The minimum absolute atomic E-state index is 0.419. The number of hydrogen-bond donors (Lipinski definition) is 0. The van der Waals surface area contributed by atoms with Crippen LogP contribution in [0, 0.1) is 0 Å². The second kappa shape index (κ2) is 5.84. The average molecular weight is 229 g/mol. The van der Waals surface area contributed by atoms with Crippen LogP contribution in [0.2, 0.25) is 0 Å². The Kier molecular flexibility index (Phi) is 5.93. The molecule has 7 heteroatoms. The van der Waals surface area contributed by atoms with Gasteiger partial charge in [0.05, 0.1) is 7.11 Å². The molecule has 0 amide bonds. The van der Waals surface area contributed by atoms with Gasteiger partial charge in [-0.2, -0.15) is 0 Å². The second-order valence-corrected chi connectivity index (χ2v) is 6.66. The number of hydrogen-bond acceptors (Lipinski definition) is 5. The van der Waals surface area contributed by atoms with Gasteiger partial charge in [-0.3, -0.25) is 4.57 Å². The van der Waals surface area contributed by atoms with Crippen molar-refractivity contribution in [2.75, 3.05) is 21.3 Å². The van der Waals surface area contributed by atoms with Crippen LogP contribution in [0.1, 0.15) is 13.3 Å². The van der Waals surface area contributed by atoms with E-state index in [1.807, 2.05) is 0 Å². The molecule has 0 aliphatic rings. The van der Waals surface area contributed by atoms with Gasteiger partial charge in [0, 0.05) is 20.6 Å². The normalized spacial score (nSPS) is 15.5. The smallest absolute Gasteiger partial charge is 0.309 e. The van der Waals surface area contributed by atoms with Crippen LogP contribution in [0.3, 0.4) is 0 Å². The monoisotopic (exact) mass is 229 g/mol. The summed E-state index contributed by atoms with van der Waals surface area (Å²) in [5.74, 6) is 0. The zero-order valence-electron chi connectivity index (χ0n) is 8.22. The second-order valence-electron chi connectivity index (χ2n) is 2.26. The van der Waals surface area contributed by atoms with Crippen LogP contribution in [-0.4, -0.2) is 26.7 Å². The minimum atomic E-state index is -3.27. The van der Waals surface area contributed by atoms with Crippen molar-refractivity contribution in [3.05, 3.63) is 0 Å². The molecular formula is C6H15O5P2+. The maximum atomic E-state index is 11.8. The van der Waals surface area contributed by atoms with Gasteiger partial charge in [0.15, 0.2) is 0 Å². The van der Waals surface area contributed by atoms with E-state index in [0.717, 1.165) is 0 Å². The van der Waals surface area contributed by atoms with E-state index in [-0.39, 0.29) is 0 Å². The molecule has 2 atom stereocenters. The molecule has 0 fully saturated rings. The summed E-state index contributed by atoms with van der Waals surface area (Å²) in [6.45, 7) is 1.75. The Morgan fingerprint density at radius 2 is 1.77 bits per heavy atom. The predicted octanol–water partition coefficient (Wildman–Crippen LogP) is 2.60. The third-order valence-electron chi connectivity index (χ3n) is 1.66. The van der Waals surface area contributed by atoms with Gasteiger partial charge in [0.25, 0.3) is 5.40 Å². The predicted molar refractivity (Wildman–Crippen MR) is 50.3 cm³/mol. The van der Waals surface area contributed by atoms with Crippen molar-refractivity contribution in [1.82, 2.24) is 0 Å². The van der Waals surface area contributed by atoms with Crippen LogP contribution < -0.4 is 0 Å². The van der Waals surface area contributed by atoms with E-state index in [2.05, 4.69) is 4.52 Å². The Morgan fingerprint density at radius 3 is 2.00 bits per heavy atom. The van der Waals surface area contributed by atoms with Crippen molar-refractivity contribution in [2.24, 2.45) is 0 Å². The molecule has 2 unspecified atom stereocenters. The van der Waals surface area contributed by atoms with Crippen molar-refractivity contribution in [2.45, 2.75) is 18.7 Å². The standard InChI is InChI=1S/C6H15O5P2/c1-5-6(12(7)9-2)13(8,10-3)11-4/h6H,5H2,1-4H3/q+1. The molecule has 13 heavy (non-hydrogen) atoms. The first-order valence-electron chi connectivity index (χ1n) is 3.77. The van der Waals surface area contributed by atoms with Crippen LogP contribution >= 0.6 is 15.6 Å². The molecule has 78 valence electrons. The van der Waals surface area contributed by atoms with Gasteiger partial charge >= 0.3 is 15.6 Å². The summed E-state index contributed by atoms with van der Waals surface area (Å²) < 4.78 is 37.2. The van der Waals surface area contributed by atoms with E-state index in [1.54, 1.807) is 6.92 Å². The highest BCUT2D eigenvalue weighted by molar-refractivity contribution is 7.67. The fourth-order valence-corrected chi connectivity index (χ4v) is 4.32. The molecule has 0 aromatic heterocycles. The third-order valence-corrected chi connectivity index (χ3v) is 6.40. The molecule has 0 heterocycles. The molecular weight excluding hydrogens is 214 g/mol. The van der Waals surface area contributed by atoms with Crippen molar-refractivity contribution in [3.63, 3.8) is 0 Å². The Labute approximate surface area is 79.2 Å². The van der Waals surface area contributed by atoms with Crippen LogP contribution in [0.15, 0.2) is 0 Å². The summed E-state index contributed by atoms with van der Waals surface area (Å²) in [4.78, 5) is 0. The van der Waals surface area contributed by atoms with Crippen molar-refractivity contribution >= 4 is 15.6 Å². The Balaban J connectivity index is 4.73. The van der Waals surface area contributed by atoms with Crippen LogP contribution in [-0.2, 0) is 22.7 Å². The number of rotatable bonds is 6. The first-order valence-corrected chi connectivity index (χ1v) is 6.63. The van der Waals surface area contributed by atoms with Crippen molar-refractivity contribution < 1.29 is 22.7 Å². The van der Waals surface area contributed by atoms with Gasteiger partial charge in [-0.05, 0) is 4.57 Å². The molecule has 0 radical (unpaired) electrons. The molecule has 0 spiro atoms. The van der Waals surface area contributed by atoms with Gasteiger partial charge < -0.3 is 9.05 Å². The van der Waals surface area contributed by atoms with E-state index in [4.69, 9.17) is 9.05 Å². The van der Waals surface area contributed by atoms with Crippen molar-refractivity contribution in [3.8, 4) is 0 Å². The van der Waals surface area contributed by atoms with E-state index in [9.17, 15) is 9.13 Å². The lowest BCUT2D eigenvalue weighted by Gasteiger charge is -2.14. The fourth-order valence-electron chi connectivity index (χ4n) is 0.928. The lowest BCUT2D eigenvalue weighted by molar-refractivity contribution is 0.269. The lowest BCUT2D eigenvalue weighted by Crippen LogP contribution is -2.06. The van der Waals surface area contributed by atoms with E-state index < -0.39 is 21.0 Å². The first-order chi connectivity index (χ1) is 6.05. The zero-order valence-corrected chi connectivity index (χ0v) is 10.0. The van der Waals surface area contributed by atoms with Gasteiger partial charge in [-0.15, -0.1) is 4.52 Å². The molecule has 0 aliphatic carbocycles. The molecule has 0 aromatic rings. The van der Waals surface area contributed by atoms with Gasteiger partial charge in [-0.1, -0.05) is 6.92 Å². The first kappa shape index (κ1) is 13.2. The van der Waals surface area contributed by atoms with Gasteiger partial charge in [0.2, 0.25) is 0 Å². The highest BCUT2D eigenvalue weighted by Gasteiger charge is 2.48. The SMILES string of the molecule is CCC([P+](=O)OC)P(=O)(OC)OC. The summed E-state index contributed by atoms with van der Waals surface area (Å²) in [5.41, 5.74) is 0. The third kappa shape index (κ3) is 3.12. The Hall–Kier alpha value is 0.210. The fraction of sp³-hybridized carbons (Fsp3) is 1.00. The summed E-state index contributed by atoms with van der Waals surface area (Å²) >= 11 is 0. The van der Waals surface area contributed by atoms with Gasteiger partial charge in [0.1, 0.15) is 0 Å². The average Bonchev–Trinajstić information content (AvgIpc) is 2.18. The topological polar surface area (TPSA) is 61.8 Å². The Morgan fingerprint density at radius 1 is 1.31 bits per heavy atom. The molecule has 0 aliphatic heterocycles. The Bertz CT molecular complexity index is 209. The summed E-state index contributed by atoms with van der Waals surface area (Å²) in [6, 6.07) is 0. The molecule has 0 N–H and O–H groups in total. The highest BCUT2D eigenvalue weighted by atomic mass is 31.2. The van der Waals surface area contributed by atoms with Crippen LogP contribution in [0.4, 0.5) is 0 Å². The summed E-state index contributed by atoms with van der Waals surface area (Å²) in [5, 5.41) is -0.692. The maximum absolute atomic E-state index is 11.8. The summed E-state index contributed by atoms with van der Waals surface area (Å²) in [6.07, 6.45) is 0.419. The van der Waals surface area contributed by atoms with Crippen molar-refractivity contribution in [1.29, 1.82) is 0 Å². The maximum Gasteiger partial charge on any atom is 0.524 e. The molecule has 0 bridgehead atoms. The van der Waals surface area contributed by atoms with E-state index in [1.165, 1.54) is 21.3 Å². The lowest BCUT2D eigenvalue weighted by atomic mass is 10.6. The largest absolute Gasteiger partial charge is 0.524 e. The molecule has 5 nitrogen and oxygen atoms in total.